The Balaban J connectivity index is 1.84. The van der Waals surface area contributed by atoms with Gasteiger partial charge in [-0.15, -0.1) is 0 Å². The van der Waals surface area contributed by atoms with Crippen LogP contribution in [0.3, 0.4) is 0 Å². The molecule has 0 aliphatic heterocycles. The number of nitrogens with zero attached hydrogens (tertiary/aromatic N) is 3. The summed E-state index contributed by atoms with van der Waals surface area (Å²) in [5, 5.41) is 18.2. The minimum absolute atomic E-state index is 0.132. The number of anilines is 3. The second kappa shape index (κ2) is 7.79. The maximum Gasteiger partial charge on any atom is 0.353 e. The van der Waals surface area contributed by atoms with Crippen molar-refractivity contribution in [3.8, 4) is 0 Å². The van der Waals surface area contributed by atoms with Crippen molar-refractivity contribution in [1.82, 2.24) is 9.97 Å². The average molecular weight is 370 g/mol. The first-order valence-corrected chi connectivity index (χ1v) is 8.22. The molecule has 1 aromatic heterocycles. The lowest BCUT2D eigenvalue weighted by Crippen LogP contribution is -2.08. The van der Waals surface area contributed by atoms with E-state index in [2.05, 4.69) is 20.6 Å². The fourth-order valence-electron chi connectivity index (χ4n) is 2.33. The summed E-state index contributed by atoms with van der Waals surface area (Å²) < 4.78 is 0. The van der Waals surface area contributed by atoms with Gasteiger partial charge in [0.25, 0.3) is 0 Å². The Bertz CT molecular complexity index is 914. The molecule has 0 aliphatic rings. The first kappa shape index (κ1) is 17.6. The Labute approximate surface area is 155 Å². The summed E-state index contributed by atoms with van der Waals surface area (Å²) in [5.74, 6) is 0.280. The van der Waals surface area contributed by atoms with E-state index in [-0.39, 0.29) is 17.3 Å². The molecule has 8 heteroatoms. The second-order valence-corrected chi connectivity index (χ2v) is 6.08. The molecule has 0 aliphatic carbocycles. The molecular weight excluding hydrogens is 354 g/mol. The van der Waals surface area contributed by atoms with Crippen molar-refractivity contribution in [1.29, 1.82) is 0 Å². The molecule has 0 unspecified atom stereocenters. The zero-order valence-electron chi connectivity index (χ0n) is 13.9. The van der Waals surface area contributed by atoms with Crippen LogP contribution < -0.4 is 10.6 Å². The van der Waals surface area contributed by atoms with Gasteiger partial charge in [0.05, 0.1) is 4.92 Å². The normalized spacial score (nSPS) is 10.4. The van der Waals surface area contributed by atoms with E-state index in [0.29, 0.717) is 17.3 Å². The zero-order chi connectivity index (χ0) is 18.5. The molecule has 3 rings (SSSR count). The van der Waals surface area contributed by atoms with Gasteiger partial charge in [0.2, 0.25) is 11.6 Å². The number of aryl methyl sites for hydroxylation is 1. The maximum atomic E-state index is 11.6. The number of hydrogen-bond acceptors (Lipinski definition) is 6. The lowest BCUT2D eigenvalue weighted by atomic mass is 10.2. The molecule has 26 heavy (non-hydrogen) atoms. The average Bonchev–Trinajstić information content (AvgIpc) is 2.63. The van der Waals surface area contributed by atoms with Gasteiger partial charge >= 0.3 is 5.69 Å². The molecule has 2 aromatic carbocycles. The zero-order valence-corrected chi connectivity index (χ0v) is 14.7. The van der Waals surface area contributed by atoms with Crippen molar-refractivity contribution in [2.24, 2.45) is 0 Å². The van der Waals surface area contributed by atoms with E-state index in [0.717, 1.165) is 11.1 Å². The van der Waals surface area contributed by atoms with Crippen molar-refractivity contribution in [3.05, 3.63) is 81.1 Å². The topological polar surface area (TPSA) is 93.0 Å². The molecule has 0 bridgehead atoms. The van der Waals surface area contributed by atoms with Crippen LogP contribution in [0.2, 0.25) is 5.02 Å². The minimum Gasteiger partial charge on any atom is -0.360 e. The van der Waals surface area contributed by atoms with Crippen molar-refractivity contribution in [3.63, 3.8) is 0 Å². The molecule has 0 radical (unpaired) electrons. The third-order valence-electron chi connectivity index (χ3n) is 3.69. The van der Waals surface area contributed by atoms with E-state index < -0.39 is 4.92 Å². The van der Waals surface area contributed by atoms with Gasteiger partial charge in [-0.1, -0.05) is 41.4 Å². The fraction of sp³-hybridized carbons (Fsp3) is 0.111. The third kappa shape index (κ3) is 4.25. The Kier molecular flexibility index (Phi) is 5.28. The van der Waals surface area contributed by atoms with Gasteiger partial charge in [-0.3, -0.25) is 10.1 Å². The summed E-state index contributed by atoms with van der Waals surface area (Å²) in [6.07, 6.45) is 1.29. The summed E-state index contributed by atoms with van der Waals surface area (Å²) in [6, 6.07) is 14.7. The molecule has 132 valence electrons. The number of nitro groups is 1. The molecule has 2 N–H and O–H groups in total. The number of benzene rings is 2. The Morgan fingerprint density at radius 3 is 2.35 bits per heavy atom. The summed E-state index contributed by atoms with van der Waals surface area (Å²) in [5.41, 5.74) is 2.52. The first-order valence-electron chi connectivity index (χ1n) is 7.84. The molecule has 0 atom stereocenters. The molecule has 7 nitrogen and oxygen atoms in total. The van der Waals surface area contributed by atoms with Gasteiger partial charge < -0.3 is 10.6 Å². The monoisotopic (exact) mass is 369 g/mol. The highest BCUT2D eigenvalue weighted by Crippen LogP contribution is 2.31. The number of hydrogen-bond donors (Lipinski definition) is 2. The first-order chi connectivity index (χ1) is 12.5. The molecule has 0 saturated carbocycles. The van der Waals surface area contributed by atoms with Crippen LogP contribution in [0.25, 0.3) is 0 Å². The van der Waals surface area contributed by atoms with Gasteiger partial charge in [0, 0.05) is 17.3 Å². The molecule has 1 heterocycles. The van der Waals surface area contributed by atoms with Crippen LogP contribution in [0.4, 0.5) is 23.0 Å². The van der Waals surface area contributed by atoms with Gasteiger partial charge in [-0.05, 0) is 36.8 Å². The highest BCUT2D eigenvalue weighted by atomic mass is 35.5. The number of halogens is 1. The summed E-state index contributed by atoms with van der Waals surface area (Å²) in [7, 11) is 0. The molecule has 0 spiro atoms. The largest absolute Gasteiger partial charge is 0.360 e. The van der Waals surface area contributed by atoms with Crippen molar-refractivity contribution >= 4 is 34.6 Å². The van der Waals surface area contributed by atoms with E-state index in [1.165, 1.54) is 6.33 Å². The van der Waals surface area contributed by atoms with Crippen LogP contribution in [-0.2, 0) is 6.54 Å². The van der Waals surface area contributed by atoms with E-state index in [4.69, 9.17) is 11.6 Å². The van der Waals surface area contributed by atoms with Gasteiger partial charge in [-0.2, -0.15) is 0 Å². The van der Waals surface area contributed by atoms with Crippen molar-refractivity contribution < 1.29 is 4.92 Å². The quantitative estimate of drug-likeness (QED) is 0.483. The van der Waals surface area contributed by atoms with E-state index >= 15 is 0 Å². The number of rotatable bonds is 6. The maximum absolute atomic E-state index is 11.6. The minimum atomic E-state index is -0.499. The predicted molar refractivity (Wildman–Crippen MR) is 102 cm³/mol. The number of nitrogens with one attached hydrogen (secondary N) is 2. The van der Waals surface area contributed by atoms with E-state index in [1.807, 2.05) is 43.3 Å². The predicted octanol–water partition coefficient (Wildman–Crippen LogP) is 4.70. The Morgan fingerprint density at radius 2 is 1.69 bits per heavy atom. The summed E-state index contributed by atoms with van der Waals surface area (Å²) >= 11 is 5.86. The second-order valence-electron chi connectivity index (χ2n) is 5.65. The van der Waals surface area contributed by atoms with Crippen LogP contribution >= 0.6 is 11.6 Å². The lowest BCUT2D eigenvalue weighted by Gasteiger charge is -2.10. The standard InChI is InChI=1S/C18H16ClN5O2/c1-12-2-8-15(9-3-12)23-18-16(24(25)26)17(21-11-22-18)20-10-13-4-6-14(19)7-5-13/h2-9,11H,10H2,1H3,(H2,20,21,22,23). The van der Waals surface area contributed by atoms with Gasteiger partial charge in [0.1, 0.15) is 6.33 Å². The van der Waals surface area contributed by atoms with Crippen LogP contribution in [0.15, 0.2) is 54.9 Å². The van der Waals surface area contributed by atoms with E-state index in [1.54, 1.807) is 12.1 Å². The van der Waals surface area contributed by atoms with Crippen molar-refractivity contribution in [2.75, 3.05) is 10.6 Å². The smallest absolute Gasteiger partial charge is 0.353 e. The Hall–Kier alpha value is -3.19. The Morgan fingerprint density at radius 1 is 1.04 bits per heavy atom. The summed E-state index contributed by atoms with van der Waals surface area (Å²) in [4.78, 5) is 19.1. The highest BCUT2D eigenvalue weighted by molar-refractivity contribution is 6.30. The summed E-state index contributed by atoms with van der Waals surface area (Å²) in [6.45, 7) is 2.34. The number of aromatic nitrogens is 2. The van der Waals surface area contributed by atoms with Gasteiger partial charge in [0.15, 0.2) is 0 Å². The molecule has 0 saturated heterocycles. The SMILES string of the molecule is Cc1ccc(Nc2ncnc(NCc3ccc(Cl)cc3)c2[N+](=O)[O-])cc1. The third-order valence-corrected chi connectivity index (χ3v) is 3.94. The fourth-order valence-corrected chi connectivity index (χ4v) is 2.46. The van der Waals surface area contributed by atoms with Crippen molar-refractivity contribution in [2.45, 2.75) is 13.5 Å². The molecule has 3 aromatic rings. The van der Waals surface area contributed by atoms with Crippen LogP contribution in [0, 0.1) is 17.0 Å². The molecular formula is C18H16ClN5O2. The van der Waals surface area contributed by atoms with Crippen LogP contribution in [0.5, 0.6) is 0 Å². The van der Waals surface area contributed by atoms with Crippen LogP contribution in [0.1, 0.15) is 11.1 Å². The van der Waals surface area contributed by atoms with Gasteiger partial charge in [-0.25, -0.2) is 9.97 Å². The molecule has 0 amide bonds. The van der Waals surface area contributed by atoms with E-state index in [9.17, 15) is 10.1 Å². The van der Waals surface area contributed by atoms with Crippen LogP contribution in [-0.4, -0.2) is 14.9 Å². The molecule has 0 fully saturated rings. The highest BCUT2D eigenvalue weighted by Gasteiger charge is 2.23. The lowest BCUT2D eigenvalue weighted by molar-refractivity contribution is -0.383.